The van der Waals surface area contributed by atoms with Crippen molar-refractivity contribution < 1.29 is 30.6 Å². The van der Waals surface area contributed by atoms with Crippen LogP contribution in [0.4, 0.5) is 5.82 Å². The molecule has 1 aromatic heterocycles. The summed E-state index contributed by atoms with van der Waals surface area (Å²) in [5, 5.41) is 12.3. The van der Waals surface area contributed by atoms with Crippen molar-refractivity contribution in [3.63, 3.8) is 0 Å². The largest absolute Gasteiger partial charge is 0.454 e. The molecule has 1 fully saturated rings. The van der Waals surface area contributed by atoms with Crippen molar-refractivity contribution in [1.29, 1.82) is 0 Å². The van der Waals surface area contributed by atoms with Gasteiger partial charge in [0.1, 0.15) is 5.82 Å². The molecule has 3 aromatic rings. The van der Waals surface area contributed by atoms with Gasteiger partial charge in [-0.2, -0.15) is 0 Å². The zero-order chi connectivity index (χ0) is 24.6. The van der Waals surface area contributed by atoms with Crippen LogP contribution in [-0.2, 0) is 20.2 Å². The average molecular weight is 500 g/mol. The lowest BCUT2D eigenvalue weighted by molar-refractivity contribution is -0.118. The van der Waals surface area contributed by atoms with Gasteiger partial charge < -0.3 is 19.9 Å². The summed E-state index contributed by atoms with van der Waals surface area (Å²) in [5.41, 5.74) is 1.56. The van der Waals surface area contributed by atoms with E-state index >= 15 is 0 Å². The maximum atomic E-state index is 13.2. The van der Waals surface area contributed by atoms with E-state index in [2.05, 4.69) is 15.0 Å². The Bertz CT molecular complexity index is 1380. The minimum atomic E-state index is -3.72. The minimum absolute atomic E-state index is 0. The molecule has 2 aliphatic rings. The molecule has 0 bridgehead atoms. The Kier molecular flexibility index (Phi) is 5.96. The summed E-state index contributed by atoms with van der Waals surface area (Å²) in [6.07, 6.45) is 0.681. The zero-order valence-corrected chi connectivity index (χ0v) is 19.8. The predicted molar refractivity (Wildman–Crippen MR) is 133 cm³/mol. The van der Waals surface area contributed by atoms with Crippen molar-refractivity contribution in [2.24, 2.45) is 0 Å². The molecule has 186 valence electrons. The van der Waals surface area contributed by atoms with E-state index in [0.717, 1.165) is 18.4 Å². The number of pyridine rings is 1. The van der Waals surface area contributed by atoms with E-state index in [1.54, 1.807) is 30.3 Å². The smallest absolute Gasteiger partial charge is 0.240 e. The van der Waals surface area contributed by atoms with Gasteiger partial charge in [0, 0.05) is 15.0 Å². The lowest BCUT2D eigenvalue weighted by atomic mass is 9.94. The van der Waals surface area contributed by atoms with Crippen molar-refractivity contribution >= 4 is 21.7 Å². The molecule has 9 nitrogen and oxygen atoms in total. The van der Waals surface area contributed by atoms with Crippen molar-refractivity contribution in [2.75, 3.05) is 18.7 Å². The van der Waals surface area contributed by atoms with E-state index in [0.29, 0.717) is 28.6 Å². The predicted octanol–water partition coefficient (Wildman–Crippen LogP) is 3.30. The van der Waals surface area contributed by atoms with Gasteiger partial charge in [0.15, 0.2) is 11.5 Å². The Morgan fingerprint density at radius 1 is 1.11 bits per heavy atom. The number of rotatable bonds is 8. The van der Waals surface area contributed by atoms with Crippen LogP contribution in [0, 0.1) is 0 Å². The van der Waals surface area contributed by atoms with Crippen LogP contribution in [0.3, 0.4) is 0 Å². The van der Waals surface area contributed by atoms with Crippen LogP contribution in [0.2, 0.25) is 0 Å². The lowest BCUT2D eigenvalue weighted by Crippen LogP contribution is -2.30. The topological polar surface area (TPSA) is 127 Å². The number of ether oxygens (including phenoxy) is 2. The number of aliphatic hydroxyl groups excluding tert-OH is 1. The first-order valence-electron chi connectivity index (χ1n) is 11.2. The number of amides is 1. The Labute approximate surface area is 206 Å². The summed E-state index contributed by atoms with van der Waals surface area (Å²) in [6.45, 7) is 1.62. The van der Waals surface area contributed by atoms with Crippen LogP contribution in [-0.4, -0.2) is 43.9 Å². The number of aliphatic hydroxyl groups is 1. The Morgan fingerprint density at radius 2 is 1.86 bits per heavy atom. The van der Waals surface area contributed by atoms with Crippen molar-refractivity contribution in [1.82, 2.24) is 9.71 Å². The van der Waals surface area contributed by atoms with Crippen LogP contribution >= 0.6 is 0 Å². The summed E-state index contributed by atoms with van der Waals surface area (Å²) >= 11 is 0. The first kappa shape index (κ1) is 23.3. The molecular weight excluding hydrogens is 470 g/mol. The molecule has 2 aromatic carbocycles. The second kappa shape index (κ2) is 8.95. The van der Waals surface area contributed by atoms with Crippen LogP contribution in [0.25, 0.3) is 11.3 Å². The van der Waals surface area contributed by atoms with Crippen molar-refractivity contribution in [2.45, 2.75) is 36.2 Å². The van der Waals surface area contributed by atoms with E-state index in [9.17, 15) is 18.3 Å². The first-order valence-corrected chi connectivity index (χ1v) is 12.7. The molecule has 0 saturated heterocycles. The molecule has 5 rings (SSSR count). The molecule has 1 aliphatic carbocycles. The second-order valence-electron chi connectivity index (χ2n) is 8.74. The highest BCUT2D eigenvalue weighted by molar-refractivity contribution is 7.89. The molecule has 2 heterocycles. The maximum Gasteiger partial charge on any atom is 0.240 e. The number of aromatic nitrogens is 1. The van der Waals surface area contributed by atoms with Gasteiger partial charge >= 0.3 is 0 Å². The molecule has 3 N–H and O–H groups in total. The van der Waals surface area contributed by atoms with E-state index in [1.165, 1.54) is 19.1 Å². The maximum absolute atomic E-state index is 13.2. The monoisotopic (exact) mass is 499 g/mol. The van der Waals surface area contributed by atoms with Gasteiger partial charge in [0.2, 0.25) is 22.7 Å². The van der Waals surface area contributed by atoms with Gasteiger partial charge in [-0.05, 0) is 61.7 Å². The SMILES string of the molecule is C[C@@H](O)CNS(=O)(=O)c1ccc(-c2cccc(NC(=O)C3(c4ccc5c(c4)OCO5)CC3)n2)cc1.[HH].[HH]. The van der Waals surface area contributed by atoms with Crippen molar-refractivity contribution in [3.05, 3.63) is 66.2 Å². The van der Waals surface area contributed by atoms with Gasteiger partial charge in [0.05, 0.1) is 22.1 Å². The molecule has 35 heavy (non-hydrogen) atoms. The van der Waals surface area contributed by atoms with E-state index in [1.807, 2.05) is 18.2 Å². The van der Waals surface area contributed by atoms with E-state index in [4.69, 9.17) is 9.47 Å². The number of benzene rings is 2. The Balaban J connectivity index is 0.00000190. The summed E-state index contributed by atoms with van der Waals surface area (Å²) in [6, 6.07) is 17.1. The number of anilines is 1. The molecule has 10 heteroatoms. The van der Waals surface area contributed by atoms with E-state index in [-0.39, 0.29) is 27.0 Å². The number of nitrogens with one attached hydrogen (secondary N) is 2. The summed E-state index contributed by atoms with van der Waals surface area (Å²) in [5.74, 6) is 1.60. The molecule has 1 atom stereocenters. The van der Waals surface area contributed by atoms with Gasteiger partial charge in [0.25, 0.3) is 0 Å². The highest BCUT2D eigenvalue weighted by Gasteiger charge is 2.51. The molecule has 1 aliphatic heterocycles. The lowest BCUT2D eigenvalue weighted by Gasteiger charge is -2.16. The molecule has 1 saturated carbocycles. The molecule has 0 unspecified atom stereocenters. The summed E-state index contributed by atoms with van der Waals surface area (Å²) in [4.78, 5) is 17.8. The number of hydrogen-bond donors (Lipinski definition) is 3. The van der Waals surface area contributed by atoms with Crippen LogP contribution in [0.1, 0.15) is 28.2 Å². The normalized spacial score (nSPS) is 16.5. The zero-order valence-electron chi connectivity index (χ0n) is 19.0. The second-order valence-corrected chi connectivity index (χ2v) is 10.5. The first-order chi connectivity index (χ1) is 16.8. The number of fused-ring (bicyclic) bond motifs is 1. The molecule has 0 spiro atoms. The Hall–Kier alpha value is -3.47. The molecular formula is C25H29N3O6S. The number of hydrogen-bond acceptors (Lipinski definition) is 7. The highest BCUT2D eigenvalue weighted by atomic mass is 32.2. The van der Waals surface area contributed by atoms with Crippen LogP contribution < -0.4 is 19.5 Å². The summed E-state index contributed by atoms with van der Waals surface area (Å²) in [7, 11) is -3.72. The number of sulfonamides is 1. The fourth-order valence-corrected chi connectivity index (χ4v) is 5.11. The van der Waals surface area contributed by atoms with E-state index < -0.39 is 21.5 Å². The van der Waals surface area contributed by atoms with Gasteiger partial charge in [-0.1, -0.05) is 24.3 Å². The highest BCUT2D eigenvalue weighted by Crippen LogP contribution is 2.51. The van der Waals surface area contributed by atoms with Gasteiger partial charge in [-0.15, -0.1) is 0 Å². The average Bonchev–Trinajstić information content (AvgIpc) is 3.54. The van der Waals surface area contributed by atoms with Crippen molar-refractivity contribution in [3.8, 4) is 22.8 Å². The number of carbonyl (C=O) groups excluding carboxylic acids is 1. The fourth-order valence-electron chi connectivity index (χ4n) is 3.99. The summed E-state index contributed by atoms with van der Waals surface area (Å²) < 4.78 is 37.9. The molecule has 0 radical (unpaired) electrons. The van der Waals surface area contributed by atoms with Gasteiger partial charge in [-0.3, -0.25) is 4.79 Å². The molecule has 1 amide bonds. The minimum Gasteiger partial charge on any atom is -0.454 e. The fraction of sp³-hybridized carbons (Fsp3) is 0.280. The van der Waals surface area contributed by atoms with Crippen LogP contribution in [0.5, 0.6) is 11.5 Å². The number of nitrogens with zero attached hydrogens (tertiary/aromatic N) is 1. The quantitative estimate of drug-likeness (QED) is 0.434. The third-order valence-electron chi connectivity index (χ3n) is 6.13. The Morgan fingerprint density at radius 3 is 2.57 bits per heavy atom. The van der Waals surface area contributed by atoms with Crippen LogP contribution in [0.15, 0.2) is 65.6 Å². The van der Waals surface area contributed by atoms with Gasteiger partial charge in [-0.25, -0.2) is 18.1 Å². The standard InChI is InChI=1S/C25H25N3O6S.2H2/c1-16(29)14-26-35(31,32)19-8-5-17(6-9-19)20-3-2-4-23(27-20)28-24(30)25(11-12-25)18-7-10-21-22(13-18)34-15-33-21;;/h2-10,13,16,26,29H,11-12,14-15H2,1H3,(H,27,28,30);2*1H/t16-;;/m1../s1. The number of carbonyl (C=O) groups is 1. The third kappa shape index (κ3) is 4.72. The third-order valence-corrected chi connectivity index (χ3v) is 7.57.